The number of ether oxygens (including phenoxy) is 1. The van der Waals surface area contributed by atoms with Crippen molar-refractivity contribution in [3.05, 3.63) is 116 Å². The van der Waals surface area contributed by atoms with Crippen LogP contribution in [0.4, 0.5) is 4.39 Å². The largest absolute Gasteiger partial charge is 0.420 e. The zero-order valence-electron chi connectivity index (χ0n) is 19.6. The van der Waals surface area contributed by atoms with Crippen LogP contribution in [0, 0.1) is 19.7 Å². The van der Waals surface area contributed by atoms with Crippen molar-refractivity contribution >= 4 is 17.6 Å². The number of aryl methyl sites for hydroxylation is 4. The molecule has 0 spiro atoms. The highest BCUT2D eigenvalue weighted by molar-refractivity contribution is 6.31. The number of carbonyl (C=O) groups excluding carboxylic acids is 1. The number of esters is 1. The molecule has 0 bridgehead atoms. The predicted octanol–water partition coefficient (Wildman–Crippen LogP) is 5.86. The maximum atomic E-state index is 15.4. The van der Waals surface area contributed by atoms with Crippen molar-refractivity contribution < 1.29 is 13.9 Å². The van der Waals surface area contributed by atoms with Gasteiger partial charge in [-0.2, -0.15) is 5.10 Å². The van der Waals surface area contributed by atoms with Crippen LogP contribution >= 0.6 is 11.6 Å². The lowest BCUT2D eigenvalue weighted by Gasteiger charge is -2.18. The molecule has 35 heavy (non-hydrogen) atoms. The molecule has 0 radical (unpaired) electrons. The summed E-state index contributed by atoms with van der Waals surface area (Å²) in [5.74, 6) is -1.39. The van der Waals surface area contributed by atoms with Gasteiger partial charge in [0.15, 0.2) is 5.75 Å². The zero-order valence-corrected chi connectivity index (χ0v) is 20.4. The van der Waals surface area contributed by atoms with E-state index in [1.54, 1.807) is 37.3 Å². The molecule has 0 aliphatic rings. The van der Waals surface area contributed by atoms with E-state index in [4.69, 9.17) is 16.3 Å². The monoisotopic (exact) mass is 490 g/mol. The molecule has 0 saturated carbocycles. The Morgan fingerprint density at radius 2 is 1.66 bits per heavy atom. The van der Waals surface area contributed by atoms with Gasteiger partial charge >= 0.3 is 5.97 Å². The van der Waals surface area contributed by atoms with E-state index in [1.165, 1.54) is 19.2 Å². The smallest absolute Gasteiger partial charge is 0.343 e. The van der Waals surface area contributed by atoms with Crippen LogP contribution in [0.15, 0.2) is 71.5 Å². The molecule has 0 saturated heterocycles. The third-order valence-electron chi connectivity index (χ3n) is 5.81. The van der Waals surface area contributed by atoms with E-state index in [-0.39, 0.29) is 22.6 Å². The Balaban J connectivity index is 1.84. The van der Waals surface area contributed by atoms with Crippen molar-refractivity contribution in [3.8, 4) is 16.9 Å². The lowest BCUT2D eigenvalue weighted by molar-refractivity contribution is 0.0732. The second-order valence-corrected chi connectivity index (χ2v) is 8.75. The van der Waals surface area contributed by atoms with Crippen molar-refractivity contribution in [1.29, 1.82) is 0 Å². The van der Waals surface area contributed by atoms with E-state index in [1.807, 2.05) is 31.2 Å². The topological polar surface area (TPSA) is 61.2 Å². The van der Waals surface area contributed by atoms with Gasteiger partial charge in [-0.3, -0.25) is 4.79 Å². The quantitative estimate of drug-likeness (QED) is 0.317. The fourth-order valence-electron chi connectivity index (χ4n) is 3.96. The first-order valence-corrected chi connectivity index (χ1v) is 11.5. The third kappa shape index (κ3) is 5.17. The summed E-state index contributed by atoms with van der Waals surface area (Å²) in [5, 5.41) is 4.49. The maximum Gasteiger partial charge on any atom is 0.343 e. The molecule has 1 aromatic heterocycles. The Kier molecular flexibility index (Phi) is 7.12. The number of hydrogen-bond donors (Lipinski definition) is 0. The average molecular weight is 491 g/mol. The molecule has 0 aliphatic carbocycles. The Morgan fingerprint density at radius 3 is 2.34 bits per heavy atom. The molecule has 0 aliphatic heterocycles. The second kappa shape index (κ2) is 10.2. The molecule has 4 rings (SSSR count). The Hall–Kier alpha value is -3.77. The number of halogens is 2. The summed E-state index contributed by atoms with van der Waals surface area (Å²) in [5.41, 5.74) is 2.57. The molecule has 1 heterocycles. The van der Waals surface area contributed by atoms with Crippen LogP contribution in [-0.2, 0) is 19.9 Å². The molecule has 0 unspecified atom stereocenters. The van der Waals surface area contributed by atoms with Crippen molar-refractivity contribution in [1.82, 2.24) is 9.78 Å². The summed E-state index contributed by atoms with van der Waals surface area (Å²) in [6.07, 6.45) is 0.964. The molecule has 5 nitrogen and oxygen atoms in total. The van der Waals surface area contributed by atoms with Gasteiger partial charge in [-0.05, 0) is 62.1 Å². The fraction of sp³-hybridized carbons (Fsp3) is 0.179. The minimum Gasteiger partial charge on any atom is -0.420 e. The number of nitrogens with zero attached hydrogens (tertiary/aromatic N) is 2. The molecule has 0 fully saturated rings. The highest BCUT2D eigenvalue weighted by Gasteiger charge is 2.26. The lowest BCUT2D eigenvalue weighted by Crippen LogP contribution is -2.25. The molecule has 3 aromatic carbocycles. The van der Waals surface area contributed by atoms with Gasteiger partial charge in [-0.15, -0.1) is 0 Å². The SMILES string of the molecule is Cc1ccc(CCc2c(Cl)ccc(F)c2-c2c(OC(=O)c3ccccc3)c(C)nn(C)c2=O)cc1. The van der Waals surface area contributed by atoms with Crippen molar-refractivity contribution in [2.45, 2.75) is 26.7 Å². The van der Waals surface area contributed by atoms with Crippen LogP contribution in [0.1, 0.15) is 32.7 Å². The number of rotatable bonds is 6. The van der Waals surface area contributed by atoms with Crippen LogP contribution in [-0.4, -0.2) is 15.7 Å². The van der Waals surface area contributed by atoms with Crippen molar-refractivity contribution in [3.63, 3.8) is 0 Å². The molecule has 0 atom stereocenters. The molecule has 0 N–H and O–H groups in total. The van der Waals surface area contributed by atoms with Gasteiger partial charge in [-0.25, -0.2) is 13.9 Å². The van der Waals surface area contributed by atoms with Gasteiger partial charge < -0.3 is 4.74 Å². The minimum atomic E-state index is -0.673. The number of hydrogen-bond acceptors (Lipinski definition) is 4. The summed E-state index contributed by atoms with van der Waals surface area (Å²) >= 11 is 6.53. The van der Waals surface area contributed by atoms with E-state index in [2.05, 4.69) is 5.10 Å². The van der Waals surface area contributed by atoms with Gasteiger partial charge in [0, 0.05) is 17.6 Å². The Labute approximate surface area is 207 Å². The molecule has 7 heteroatoms. The van der Waals surface area contributed by atoms with Gasteiger partial charge in [0.2, 0.25) is 0 Å². The Morgan fingerprint density at radius 1 is 0.971 bits per heavy atom. The minimum absolute atomic E-state index is 0.0200. The summed E-state index contributed by atoms with van der Waals surface area (Å²) in [7, 11) is 1.47. The summed E-state index contributed by atoms with van der Waals surface area (Å²) in [6, 6.07) is 19.1. The fourth-order valence-corrected chi connectivity index (χ4v) is 4.21. The molecule has 178 valence electrons. The van der Waals surface area contributed by atoms with E-state index in [9.17, 15) is 9.59 Å². The molecular formula is C28H24ClFN2O3. The van der Waals surface area contributed by atoms with Crippen molar-refractivity contribution in [2.24, 2.45) is 7.05 Å². The third-order valence-corrected chi connectivity index (χ3v) is 6.16. The average Bonchev–Trinajstić information content (AvgIpc) is 2.85. The lowest BCUT2D eigenvalue weighted by atomic mass is 9.94. The van der Waals surface area contributed by atoms with Gasteiger partial charge in [-0.1, -0.05) is 59.6 Å². The summed E-state index contributed by atoms with van der Waals surface area (Å²) < 4.78 is 22.2. The number of aromatic nitrogens is 2. The second-order valence-electron chi connectivity index (χ2n) is 8.34. The standard InChI is InChI=1S/C28H24ClFN2O3/c1-17-9-11-19(12-10-17)13-14-21-22(29)15-16-23(30)24(21)25-26(18(2)31-32(3)27(25)33)35-28(34)20-7-5-4-6-8-20/h4-12,15-16H,13-14H2,1-3H3. The molecule has 4 aromatic rings. The van der Waals surface area contributed by atoms with Crippen molar-refractivity contribution in [2.75, 3.05) is 0 Å². The van der Waals surface area contributed by atoms with Gasteiger partial charge in [0.05, 0.1) is 11.1 Å². The van der Waals surface area contributed by atoms with E-state index < -0.39 is 17.3 Å². The number of carbonyl (C=O) groups is 1. The molecule has 0 amide bonds. The van der Waals surface area contributed by atoms with E-state index >= 15 is 4.39 Å². The molecular weight excluding hydrogens is 467 g/mol. The van der Waals surface area contributed by atoms with Crippen LogP contribution in [0.2, 0.25) is 5.02 Å². The van der Waals surface area contributed by atoms with Crippen LogP contribution in [0.25, 0.3) is 11.1 Å². The number of benzene rings is 3. The maximum absolute atomic E-state index is 15.4. The van der Waals surface area contributed by atoms with Crippen LogP contribution < -0.4 is 10.3 Å². The normalized spacial score (nSPS) is 10.9. The highest BCUT2D eigenvalue weighted by atomic mass is 35.5. The van der Waals surface area contributed by atoms with Crippen LogP contribution in [0.5, 0.6) is 5.75 Å². The zero-order chi connectivity index (χ0) is 25.1. The summed E-state index contributed by atoms with van der Waals surface area (Å²) in [6.45, 7) is 3.61. The first-order valence-electron chi connectivity index (χ1n) is 11.1. The van der Waals surface area contributed by atoms with E-state index in [0.29, 0.717) is 29.0 Å². The highest BCUT2D eigenvalue weighted by Crippen LogP contribution is 2.37. The first-order chi connectivity index (χ1) is 16.8. The van der Waals surface area contributed by atoms with Gasteiger partial charge in [0.25, 0.3) is 5.56 Å². The van der Waals surface area contributed by atoms with E-state index in [0.717, 1.165) is 15.8 Å². The van der Waals surface area contributed by atoms with Crippen LogP contribution in [0.3, 0.4) is 0 Å². The predicted molar refractivity (Wildman–Crippen MR) is 135 cm³/mol. The summed E-state index contributed by atoms with van der Waals surface area (Å²) in [4.78, 5) is 26.1. The first kappa shape index (κ1) is 24.4. The Bertz CT molecular complexity index is 1450. The van der Waals surface area contributed by atoms with Gasteiger partial charge in [0.1, 0.15) is 11.5 Å².